The normalized spacial score (nSPS) is 12.9. The van der Waals surface area contributed by atoms with Crippen LogP contribution in [0.1, 0.15) is 26.5 Å². The summed E-state index contributed by atoms with van der Waals surface area (Å²) in [6.07, 6.45) is 0. The number of nitrogens with zero attached hydrogens (tertiary/aromatic N) is 1. The van der Waals surface area contributed by atoms with Crippen LogP contribution in [0.5, 0.6) is 0 Å². The number of hydrogen-bond acceptors (Lipinski definition) is 3. The molecular formula is C11H19N3. The lowest BCUT2D eigenvalue weighted by Crippen LogP contribution is -2.22. The molecule has 3 nitrogen and oxygen atoms in total. The predicted octanol–water partition coefficient (Wildman–Crippen LogP) is 2.43. The first kappa shape index (κ1) is 10.8. The Balaban J connectivity index is 2.80. The van der Waals surface area contributed by atoms with Gasteiger partial charge in [-0.3, -0.25) is 0 Å². The van der Waals surface area contributed by atoms with E-state index in [0.717, 1.165) is 11.5 Å². The van der Waals surface area contributed by atoms with E-state index in [2.05, 4.69) is 31.1 Å². The summed E-state index contributed by atoms with van der Waals surface area (Å²) in [7, 11) is 0. The van der Waals surface area contributed by atoms with Crippen molar-refractivity contribution in [3.05, 3.63) is 17.8 Å². The van der Waals surface area contributed by atoms with E-state index < -0.39 is 0 Å². The van der Waals surface area contributed by atoms with E-state index >= 15 is 0 Å². The van der Waals surface area contributed by atoms with Crippen molar-refractivity contribution in [3.8, 4) is 0 Å². The quantitative estimate of drug-likeness (QED) is 0.775. The van der Waals surface area contributed by atoms with Crippen LogP contribution in [-0.4, -0.2) is 11.0 Å². The van der Waals surface area contributed by atoms with E-state index in [0.29, 0.717) is 17.6 Å². The van der Waals surface area contributed by atoms with Gasteiger partial charge < -0.3 is 11.1 Å². The van der Waals surface area contributed by atoms with Gasteiger partial charge in [-0.25, -0.2) is 4.98 Å². The zero-order valence-corrected chi connectivity index (χ0v) is 9.33. The first-order chi connectivity index (χ1) is 6.50. The Bertz CT molecular complexity index is 307. The molecule has 1 aromatic heterocycles. The summed E-state index contributed by atoms with van der Waals surface area (Å²) < 4.78 is 0. The zero-order valence-electron chi connectivity index (χ0n) is 9.33. The van der Waals surface area contributed by atoms with Crippen LogP contribution >= 0.6 is 0 Å². The molecule has 78 valence electrons. The summed E-state index contributed by atoms with van der Waals surface area (Å²) in [6, 6.07) is 4.18. The molecule has 0 radical (unpaired) electrons. The Hall–Kier alpha value is -1.25. The molecular weight excluding hydrogens is 174 g/mol. The van der Waals surface area contributed by atoms with Gasteiger partial charge in [0.25, 0.3) is 0 Å². The standard InChI is InChI=1S/C11H19N3/c1-7(2)9(4)14-11-10(12)6-5-8(3)13-11/h5-7,9H,12H2,1-4H3,(H,13,14). The van der Waals surface area contributed by atoms with Crippen LogP contribution < -0.4 is 11.1 Å². The third kappa shape index (κ3) is 2.62. The molecule has 14 heavy (non-hydrogen) atoms. The van der Waals surface area contributed by atoms with Gasteiger partial charge in [0.05, 0.1) is 5.69 Å². The minimum Gasteiger partial charge on any atom is -0.396 e. The van der Waals surface area contributed by atoms with Gasteiger partial charge in [-0.15, -0.1) is 0 Å². The number of nitrogen functional groups attached to an aromatic ring is 1. The summed E-state index contributed by atoms with van der Waals surface area (Å²) in [5, 5.41) is 3.31. The van der Waals surface area contributed by atoms with Gasteiger partial charge in [-0.1, -0.05) is 13.8 Å². The molecule has 1 aromatic rings. The molecule has 0 aliphatic carbocycles. The number of nitrogens with one attached hydrogen (secondary N) is 1. The maximum absolute atomic E-state index is 5.81. The van der Waals surface area contributed by atoms with Crippen molar-refractivity contribution in [1.82, 2.24) is 4.98 Å². The van der Waals surface area contributed by atoms with E-state index in [1.165, 1.54) is 0 Å². The van der Waals surface area contributed by atoms with Crippen molar-refractivity contribution in [2.75, 3.05) is 11.1 Å². The van der Waals surface area contributed by atoms with Crippen LogP contribution in [0.2, 0.25) is 0 Å². The molecule has 3 N–H and O–H groups in total. The molecule has 0 fully saturated rings. The van der Waals surface area contributed by atoms with Gasteiger partial charge in [0.2, 0.25) is 0 Å². The van der Waals surface area contributed by atoms with E-state index in [1.54, 1.807) is 0 Å². The summed E-state index contributed by atoms with van der Waals surface area (Å²) >= 11 is 0. The number of hydrogen-bond donors (Lipinski definition) is 2. The molecule has 0 amide bonds. The van der Waals surface area contributed by atoms with Gasteiger partial charge in [0, 0.05) is 11.7 Å². The largest absolute Gasteiger partial charge is 0.396 e. The molecule has 0 saturated heterocycles. The smallest absolute Gasteiger partial charge is 0.149 e. The SMILES string of the molecule is Cc1ccc(N)c(NC(C)C(C)C)n1. The first-order valence-electron chi connectivity index (χ1n) is 5.00. The summed E-state index contributed by atoms with van der Waals surface area (Å²) in [5.74, 6) is 1.36. The van der Waals surface area contributed by atoms with Crippen molar-refractivity contribution in [1.29, 1.82) is 0 Å². The number of aryl methyl sites for hydroxylation is 1. The molecule has 1 rings (SSSR count). The predicted molar refractivity (Wildman–Crippen MR) is 61.3 cm³/mol. The Morgan fingerprint density at radius 2 is 1.93 bits per heavy atom. The van der Waals surface area contributed by atoms with Gasteiger partial charge in [-0.2, -0.15) is 0 Å². The first-order valence-corrected chi connectivity index (χ1v) is 5.00. The highest BCUT2D eigenvalue weighted by atomic mass is 15.0. The second kappa shape index (κ2) is 4.31. The van der Waals surface area contributed by atoms with E-state index in [-0.39, 0.29) is 0 Å². The van der Waals surface area contributed by atoms with Crippen molar-refractivity contribution >= 4 is 11.5 Å². The lowest BCUT2D eigenvalue weighted by atomic mass is 10.1. The molecule has 0 aliphatic heterocycles. The molecule has 0 bridgehead atoms. The molecule has 1 atom stereocenters. The van der Waals surface area contributed by atoms with Gasteiger partial charge in [0.15, 0.2) is 0 Å². The van der Waals surface area contributed by atoms with Gasteiger partial charge in [-0.05, 0) is 31.9 Å². The Morgan fingerprint density at radius 1 is 1.29 bits per heavy atom. The average Bonchev–Trinajstić information content (AvgIpc) is 2.11. The summed E-state index contributed by atoms with van der Waals surface area (Å²) in [4.78, 5) is 4.36. The minimum atomic E-state index is 0.381. The molecule has 0 saturated carbocycles. The van der Waals surface area contributed by atoms with E-state index in [9.17, 15) is 0 Å². The van der Waals surface area contributed by atoms with Crippen LogP contribution in [-0.2, 0) is 0 Å². The van der Waals surface area contributed by atoms with Crippen molar-refractivity contribution in [3.63, 3.8) is 0 Å². The highest BCUT2D eigenvalue weighted by Gasteiger charge is 2.09. The van der Waals surface area contributed by atoms with E-state index in [1.807, 2.05) is 19.1 Å². The average molecular weight is 193 g/mol. The molecule has 0 aromatic carbocycles. The Labute approximate surface area is 85.7 Å². The maximum Gasteiger partial charge on any atom is 0.149 e. The number of anilines is 2. The van der Waals surface area contributed by atoms with Crippen molar-refractivity contribution in [2.24, 2.45) is 5.92 Å². The fourth-order valence-electron chi connectivity index (χ4n) is 1.07. The van der Waals surface area contributed by atoms with Crippen LogP contribution in [0.3, 0.4) is 0 Å². The topological polar surface area (TPSA) is 50.9 Å². The lowest BCUT2D eigenvalue weighted by molar-refractivity contribution is 0.558. The lowest BCUT2D eigenvalue weighted by Gasteiger charge is -2.19. The van der Waals surface area contributed by atoms with Crippen molar-refractivity contribution < 1.29 is 0 Å². The number of aromatic nitrogens is 1. The molecule has 1 heterocycles. The molecule has 0 aliphatic rings. The monoisotopic (exact) mass is 193 g/mol. The second-order valence-corrected chi connectivity index (χ2v) is 4.07. The van der Waals surface area contributed by atoms with Gasteiger partial charge >= 0.3 is 0 Å². The Morgan fingerprint density at radius 3 is 2.50 bits per heavy atom. The zero-order chi connectivity index (χ0) is 10.7. The fourth-order valence-corrected chi connectivity index (χ4v) is 1.07. The minimum absolute atomic E-state index is 0.381. The number of nitrogens with two attached hydrogens (primary N) is 1. The van der Waals surface area contributed by atoms with Crippen LogP contribution in [0.25, 0.3) is 0 Å². The number of pyridine rings is 1. The van der Waals surface area contributed by atoms with Gasteiger partial charge in [0.1, 0.15) is 5.82 Å². The fraction of sp³-hybridized carbons (Fsp3) is 0.545. The van der Waals surface area contributed by atoms with Crippen LogP contribution in [0.15, 0.2) is 12.1 Å². The van der Waals surface area contributed by atoms with E-state index in [4.69, 9.17) is 5.73 Å². The Kier molecular flexibility index (Phi) is 3.33. The molecule has 0 spiro atoms. The second-order valence-electron chi connectivity index (χ2n) is 4.07. The highest BCUT2D eigenvalue weighted by Crippen LogP contribution is 2.18. The summed E-state index contributed by atoms with van der Waals surface area (Å²) in [6.45, 7) is 8.44. The molecule has 1 unspecified atom stereocenters. The van der Waals surface area contributed by atoms with Crippen molar-refractivity contribution in [2.45, 2.75) is 33.7 Å². The maximum atomic E-state index is 5.81. The molecule has 3 heteroatoms. The third-order valence-electron chi connectivity index (χ3n) is 2.43. The van der Waals surface area contributed by atoms with Crippen LogP contribution in [0, 0.1) is 12.8 Å². The van der Waals surface area contributed by atoms with Crippen LogP contribution in [0.4, 0.5) is 11.5 Å². The third-order valence-corrected chi connectivity index (χ3v) is 2.43. The highest BCUT2D eigenvalue weighted by molar-refractivity contribution is 5.61. The number of rotatable bonds is 3. The summed E-state index contributed by atoms with van der Waals surface area (Å²) in [5.41, 5.74) is 7.51.